The Hall–Kier alpha value is -2.48. The summed E-state index contributed by atoms with van der Waals surface area (Å²) in [4.78, 5) is 39.4. The molecule has 4 rings (SSSR count). The molecule has 1 N–H and O–H groups in total. The van der Waals surface area contributed by atoms with Gasteiger partial charge in [0.1, 0.15) is 0 Å². The number of pyridine rings is 1. The number of nitrogens with one attached hydrogen (secondary N) is 1. The lowest BCUT2D eigenvalue weighted by molar-refractivity contribution is -0.134. The van der Waals surface area contributed by atoms with Crippen LogP contribution in [0.15, 0.2) is 24.4 Å². The first kappa shape index (κ1) is 20.8. The first-order valence-corrected chi connectivity index (χ1v) is 11.5. The monoisotopic (exact) mass is 427 g/mol. The summed E-state index contributed by atoms with van der Waals surface area (Å²) in [7, 11) is 0. The molecule has 2 aromatic heterocycles. The molecule has 8 heteroatoms. The summed E-state index contributed by atoms with van der Waals surface area (Å²) in [6.45, 7) is 7.51. The van der Waals surface area contributed by atoms with E-state index in [-0.39, 0.29) is 23.7 Å². The molecule has 30 heavy (non-hydrogen) atoms. The Morgan fingerprint density at radius 2 is 2.03 bits per heavy atom. The molecule has 3 heterocycles. The fourth-order valence-electron chi connectivity index (χ4n) is 4.03. The Morgan fingerprint density at radius 1 is 1.23 bits per heavy atom. The van der Waals surface area contributed by atoms with Crippen molar-refractivity contribution in [2.75, 3.05) is 31.1 Å². The van der Waals surface area contributed by atoms with Gasteiger partial charge in [-0.05, 0) is 31.4 Å². The summed E-state index contributed by atoms with van der Waals surface area (Å²) in [6, 6.07) is 5.72. The Morgan fingerprint density at radius 3 is 2.73 bits per heavy atom. The molecule has 7 nitrogen and oxygen atoms in total. The summed E-state index contributed by atoms with van der Waals surface area (Å²) in [5.41, 5.74) is 2.02. The van der Waals surface area contributed by atoms with Crippen LogP contribution in [0.4, 0.5) is 5.13 Å². The number of hydrogen-bond donors (Lipinski definition) is 1. The molecule has 1 fully saturated rings. The number of rotatable bonds is 5. The van der Waals surface area contributed by atoms with Crippen molar-refractivity contribution in [3.63, 3.8) is 0 Å². The molecule has 1 atom stereocenters. The van der Waals surface area contributed by atoms with E-state index in [0.717, 1.165) is 62.0 Å². The summed E-state index contributed by atoms with van der Waals surface area (Å²) in [5.74, 6) is 0.370. The van der Waals surface area contributed by atoms with E-state index in [0.29, 0.717) is 6.54 Å². The van der Waals surface area contributed by atoms with Crippen molar-refractivity contribution in [1.82, 2.24) is 20.2 Å². The molecule has 2 aromatic rings. The van der Waals surface area contributed by atoms with Crippen molar-refractivity contribution in [3.05, 3.63) is 40.7 Å². The van der Waals surface area contributed by atoms with Gasteiger partial charge in [0.25, 0.3) is 0 Å². The van der Waals surface area contributed by atoms with Crippen LogP contribution in [0.2, 0.25) is 0 Å². The third kappa shape index (κ3) is 4.64. The Balaban J connectivity index is 1.32. The maximum atomic E-state index is 12.6. The number of thiazole rings is 1. The maximum Gasteiger partial charge on any atom is 0.225 e. The van der Waals surface area contributed by atoms with Crippen molar-refractivity contribution in [3.8, 4) is 0 Å². The molecule has 1 aliphatic carbocycles. The zero-order chi connectivity index (χ0) is 21.1. The second kappa shape index (κ2) is 9.12. The van der Waals surface area contributed by atoms with Crippen molar-refractivity contribution >= 4 is 28.3 Å². The summed E-state index contributed by atoms with van der Waals surface area (Å²) < 4.78 is 0. The van der Waals surface area contributed by atoms with Gasteiger partial charge in [0.2, 0.25) is 11.8 Å². The molecule has 2 aliphatic rings. The van der Waals surface area contributed by atoms with E-state index in [2.05, 4.69) is 15.2 Å². The molecule has 0 saturated carbocycles. The standard InChI is InChI=1S/C22H29N5O2S/c1-15(2)21(29)26-9-11-27(12-10-26)22-25-18-7-6-16(13-19(18)30-22)20(28)24-14-17-5-3-4-8-23-17/h3-5,8,15-16H,6-7,9-14H2,1-2H3,(H,24,28)/t16-/m1/s1. The molecule has 160 valence electrons. The Labute approximate surface area is 181 Å². The van der Waals surface area contributed by atoms with Gasteiger partial charge in [-0.2, -0.15) is 0 Å². The predicted octanol–water partition coefficient (Wildman–Crippen LogP) is 2.26. The maximum absolute atomic E-state index is 12.6. The lowest BCUT2D eigenvalue weighted by Gasteiger charge is -2.35. The molecule has 1 saturated heterocycles. The van der Waals surface area contributed by atoms with Crippen molar-refractivity contribution in [1.29, 1.82) is 0 Å². The quantitative estimate of drug-likeness (QED) is 0.792. The molecule has 0 bridgehead atoms. The molecule has 0 aromatic carbocycles. The van der Waals surface area contributed by atoms with Crippen LogP contribution < -0.4 is 10.2 Å². The number of fused-ring (bicyclic) bond motifs is 1. The van der Waals surface area contributed by atoms with Crippen LogP contribution in [-0.4, -0.2) is 52.9 Å². The smallest absolute Gasteiger partial charge is 0.225 e. The predicted molar refractivity (Wildman–Crippen MR) is 117 cm³/mol. The lowest BCUT2D eigenvalue weighted by atomic mass is 9.90. The van der Waals surface area contributed by atoms with Crippen molar-refractivity contribution < 1.29 is 9.59 Å². The number of carbonyl (C=O) groups is 2. The summed E-state index contributed by atoms with van der Waals surface area (Å²) >= 11 is 1.71. The SMILES string of the molecule is CC(C)C(=O)N1CCN(c2nc3c(s2)C[C@H](C(=O)NCc2ccccn2)CC3)CC1. The van der Waals surface area contributed by atoms with Crippen molar-refractivity contribution in [2.45, 2.75) is 39.7 Å². The largest absolute Gasteiger partial charge is 0.350 e. The average Bonchev–Trinajstić information content (AvgIpc) is 3.21. The molecule has 0 radical (unpaired) electrons. The van der Waals surface area contributed by atoms with Crippen LogP contribution in [0.5, 0.6) is 0 Å². The van der Waals surface area contributed by atoms with Gasteiger partial charge < -0.3 is 15.1 Å². The second-order valence-corrected chi connectivity index (χ2v) is 9.37. The van der Waals surface area contributed by atoms with E-state index in [1.54, 1.807) is 17.5 Å². The van der Waals surface area contributed by atoms with E-state index in [1.807, 2.05) is 36.9 Å². The van der Waals surface area contributed by atoms with Gasteiger partial charge >= 0.3 is 0 Å². The number of carbonyl (C=O) groups excluding carboxylic acids is 2. The number of piperazine rings is 1. The Bertz CT molecular complexity index is 890. The third-order valence-electron chi connectivity index (χ3n) is 5.82. The fourth-order valence-corrected chi connectivity index (χ4v) is 5.27. The van der Waals surface area contributed by atoms with Crippen molar-refractivity contribution in [2.24, 2.45) is 11.8 Å². The number of anilines is 1. The third-order valence-corrected chi connectivity index (χ3v) is 7.01. The van der Waals surface area contributed by atoms with Crippen LogP contribution in [0.3, 0.4) is 0 Å². The highest BCUT2D eigenvalue weighted by molar-refractivity contribution is 7.15. The zero-order valence-corrected chi connectivity index (χ0v) is 18.5. The van der Waals surface area contributed by atoms with Gasteiger partial charge in [-0.3, -0.25) is 14.6 Å². The van der Waals surface area contributed by atoms with Gasteiger partial charge in [0.05, 0.1) is 17.9 Å². The van der Waals surface area contributed by atoms with Crippen LogP contribution >= 0.6 is 11.3 Å². The highest BCUT2D eigenvalue weighted by Gasteiger charge is 2.30. The molecular weight excluding hydrogens is 398 g/mol. The number of amides is 2. The average molecular weight is 428 g/mol. The summed E-state index contributed by atoms with van der Waals surface area (Å²) in [5, 5.41) is 4.06. The first-order valence-electron chi connectivity index (χ1n) is 10.7. The first-order chi connectivity index (χ1) is 14.5. The highest BCUT2D eigenvalue weighted by atomic mass is 32.1. The molecule has 2 amide bonds. The number of aryl methyl sites for hydroxylation is 1. The van der Waals surface area contributed by atoms with Crippen LogP contribution in [0.1, 0.15) is 36.5 Å². The normalized spacial score (nSPS) is 19.0. The van der Waals surface area contributed by atoms with Gasteiger partial charge in [0, 0.05) is 49.1 Å². The van der Waals surface area contributed by atoms with E-state index in [9.17, 15) is 9.59 Å². The minimum atomic E-state index is -0.00461. The van der Waals surface area contributed by atoms with E-state index in [4.69, 9.17) is 4.98 Å². The van der Waals surface area contributed by atoms with Crippen LogP contribution in [-0.2, 0) is 29.0 Å². The number of aromatic nitrogens is 2. The number of nitrogens with zero attached hydrogens (tertiary/aromatic N) is 4. The van der Waals surface area contributed by atoms with E-state index in [1.165, 1.54) is 4.88 Å². The van der Waals surface area contributed by atoms with Gasteiger partial charge in [-0.15, -0.1) is 11.3 Å². The zero-order valence-electron chi connectivity index (χ0n) is 17.6. The minimum Gasteiger partial charge on any atom is -0.350 e. The van der Waals surface area contributed by atoms with Gasteiger partial charge in [-0.25, -0.2) is 4.98 Å². The van der Waals surface area contributed by atoms with Gasteiger partial charge in [-0.1, -0.05) is 19.9 Å². The minimum absolute atomic E-state index is 0.00461. The van der Waals surface area contributed by atoms with Crippen LogP contribution in [0, 0.1) is 11.8 Å². The molecule has 0 spiro atoms. The topological polar surface area (TPSA) is 78.4 Å². The molecule has 0 unspecified atom stereocenters. The van der Waals surface area contributed by atoms with E-state index < -0.39 is 0 Å². The van der Waals surface area contributed by atoms with Crippen LogP contribution in [0.25, 0.3) is 0 Å². The molecule has 1 aliphatic heterocycles. The highest BCUT2D eigenvalue weighted by Crippen LogP contribution is 2.34. The summed E-state index contributed by atoms with van der Waals surface area (Å²) in [6.07, 6.45) is 4.18. The van der Waals surface area contributed by atoms with E-state index >= 15 is 0 Å². The fraction of sp³-hybridized carbons (Fsp3) is 0.545. The van der Waals surface area contributed by atoms with Gasteiger partial charge in [0.15, 0.2) is 5.13 Å². The number of hydrogen-bond acceptors (Lipinski definition) is 6. The second-order valence-electron chi connectivity index (χ2n) is 8.31. The Kier molecular flexibility index (Phi) is 6.32. The molecular formula is C22H29N5O2S. The lowest BCUT2D eigenvalue weighted by Crippen LogP contribution is -2.49.